The van der Waals surface area contributed by atoms with Crippen molar-refractivity contribution in [2.24, 2.45) is 5.73 Å². The van der Waals surface area contributed by atoms with Gasteiger partial charge in [0.2, 0.25) is 0 Å². The normalized spacial score (nSPS) is 15.8. The van der Waals surface area contributed by atoms with E-state index >= 15 is 0 Å². The molecule has 2 N–H and O–H groups in total. The van der Waals surface area contributed by atoms with Crippen LogP contribution in [0.4, 0.5) is 0 Å². The van der Waals surface area contributed by atoms with Crippen LogP contribution in [0, 0.1) is 0 Å². The van der Waals surface area contributed by atoms with Crippen LogP contribution in [-0.2, 0) is 12.8 Å². The number of ether oxygens (including phenoxy) is 1. The molecule has 0 aliphatic heterocycles. The second-order valence-corrected chi connectivity index (χ2v) is 5.82. The molecule has 1 aliphatic rings. The zero-order valence-corrected chi connectivity index (χ0v) is 11.8. The van der Waals surface area contributed by atoms with Crippen LogP contribution in [0.3, 0.4) is 0 Å². The van der Waals surface area contributed by atoms with Crippen molar-refractivity contribution >= 4 is 11.3 Å². The lowest BCUT2D eigenvalue weighted by atomic mass is 9.92. The Morgan fingerprint density at radius 2 is 2.00 bits per heavy atom. The quantitative estimate of drug-likeness (QED) is 0.921. The van der Waals surface area contributed by atoms with Gasteiger partial charge in [0.15, 0.2) is 0 Å². The average molecular weight is 273 g/mol. The molecule has 0 saturated carbocycles. The third-order valence-corrected chi connectivity index (χ3v) is 4.43. The summed E-state index contributed by atoms with van der Waals surface area (Å²) < 4.78 is 6.06. The number of hydrogen-bond acceptors (Lipinski definition) is 3. The van der Waals surface area contributed by atoms with Crippen molar-refractivity contribution < 1.29 is 4.74 Å². The molecule has 1 aromatic carbocycles. The number of benzene rings is 1. The van der Waals surface area contributed by atoms with Gasteiger partial charge in [0.05, 0.1) is 0 Å². The molecule has 0 spiro atoms. The Labute approximate surface area is 118 Å². The predicted molar refractivity (Wildman–Crippen MR) is 79.8 cm³/mol. The molecular weight excluding hydrogens is 254 g/mol. The molecule has 1 atom stereocenters. The summed E-state index contributed by atoms with van der Waals surface area (Å²) >= 11 is 1.68. The van der Waals surface area contributed by atoms with Crippen molar-refractivity contribution in [3.63, 3.8) is 0 Å². The van der Waals surface area contributed by atoms with E-state index in [-0.39, 0.29) is 6.10 Å². The number of thiophene rings is 1. The van der Waals surface area contributed by atoms with Crippen molar-refractivity contribution in [3.05, 3.63) is 51.7 Å². The van der Waals surface area contributed by atoms with Gasteiger partial charge in [-0.1, -0.05) is 6.07 Å². The van der Waals surface area contributed by atoms with Crippen molar-refractivity contribution in [2.75, 3.05) is 6.54 Å². The van der Waals surface area contributed by atoms with E-state index in [4.69, 9.17) is 10.5 Å². The summed E-state index contributed by atoms with van der Waals surface area (Å²) in [6, 6.07) is 8.58. The Balaban J connectivity index is 1.79. The highest BCUT2D eigenvalue weighted by Crippen LogP contribution is 2.28. The molecule has 1 unspecified atom stereocenters. The number of fused-ring (bicyclic) bond motifs is 1. The Hall–Kier alpha value is -1.32. The van der Waals surface area contributed by atoms with Crippen LogP contribution in [0.15, 0.2) is 35.0 Å². The first-order valence-corrected chi connectivity index (χ1v) is 7.82. The van der Waals surface area contributed by atoms with Crippen molar-refractivity contribution in [2.45, 2.75) is 31.8 Å². The molecule has 100 valence electrons. The lowest BCUT2D eigenvalue weighted by molar-refractivity contribution is 0.214. The zero-order chi connectivity index (χ0) is 13.1. The second kappa shape index (κ2) is 5.76. The van der Waals surface area contributed by atoms with E-state index < -0.39 is 0 Å². The summed E-state index contributed by atoms with van der Waals surface area (Å²) in [7, 11) is 0. The fourth-order valence-corrected chi connectivity index (χ4v) is 3.36. The molecule has 1 aliphatic carbocycles. The molecule has 19 heavy (non-hydrogen) atoms. The maximum absolute atomic E-state index is 6.06. The van der Waals surface area contributed by atoms with Gasteiger partial charge in [-0.2, -0.15) is 11.3 Å². The lowest BCUT2D eigenvalue weighted by Crippen LogP contribution is -2.18. The van der Waals surface area contributed by atoms with Crippen LogP contribution in [0.25, 0.3) is 0 Å². The molecule has 1 aromatic heterocycles. The standard InChI is InChI=1S/C16H19NOS/c17-10-16(14-7-8-19-11-14)18-15-6-5-12-3-1-2-4-13(12)9-15/h5-9,11,16H,1-4,10,17H2. The summed E-state index contributed by atoms with van der Waals surface area (Å²) in [5, 5.41) is 4.17. The van der Waals surface area contributed by atoms with E-state index in [1.807, 2.05) is 0 Å². The average Bonchev–Trinajstić information content (AvgIpc) is 2.98. The van der Waals surface area contributed by atoms with Gasteiger partial charge in [-0.3, -0.25) is 0 Å². The van der Waals surface area contributed by atoms with Crippen LogP contribution in [0.5, 0.6) is 5.75 Å². The maximum Gasteiger partial charge on any atom is 0.137 e. The number of aryl methyl sites for hydroxylation is 2. The van der Waals surface area contributed by atoms with E-state index in [1.54, 1.807) is 11.3 Å². The number of nitrogens with two attached hydrogens (primary N) is 1. The van der Waals surface area contributed by atoms with Crippen LogP contribution >= 0.6 is 11.3 Å². The molecule has 0 fully saturated rings. The summed E-state index contributed by atoms with van der Waals surface area (Å²) in [6.45, 7) is 0.508. The predicted octanol–water partition coefficient (Wildman–Crippen LogP) is 3.71. The van der Waals surface area contributed by atoms with Crippen LogP contribution in [0.2, 0.25) is 0 Å². The molecule has 0 saturated heterocycles. The monoisotopic (exact) mass is 273 g/mol. The first-order valence-electron chi connectivity index (χ1n) is 6.87. The Morgan fingerprint density at radius 1 is 1.16 bits per heavy atom. The minimum Gasteiger partial charge on any atom is -0.484 e. The minimum atomic E-state index is -0.0344. The number of hydrogen-bond donors (Lipinski definition) is 1. The molecule has 2 aromatic rings. The fourth-order valence-electron chi connectivity index (χ4n) is 2.66. The highest BCUT2D eigenvalue weighted by molar-refractivity contribution is 7.07. The van der Waals surface area contributed by atoms with E-state index in [2.05, 4.69) is 35.0 Å². The van der Waals surface area contributed by atoms with Crippen molar-refractivity contribution in [1.82, 2.24) is 0 Å². The Bertz CT molecular complexity index is 536. The smallest absolute Gasteiger partial charge is 0.137 e. The van der Waals surface area contributed by atoms with Gasteiger partial charge in [0.25, 0.3) is 0 Å². The summed E-state index contributed by atoms with van der Waals surface area (Å²) in [5.74, 6) is 0.947. The first-order chi connectivity index (χ1) is 9.36. The van der Waals surface area contributed by atoms with Crippen LogP contribution in [-0.4, -0.2) is 6.54 Å². The van der Waals surface area contributed by atoms with Gasteiger partial charge in [0, 0.05) is 12.1 Å². The minimum absolute atomic E-state index is 0.0344. The first kappa shape index (κ1) is 12.7. The van der Waals surface area contributed by atoms with Crippen molar-refractivity contribution in [3.8, 4) is 5.75 Å². The molecule has 0 amide bonds. The lowest BCUT2D eigenvalue weighted by Gasteiger charge is -2.20. The fraction of sp³-hybridized carbons (Fsp3) is 0.375. The van der Waals surface area contributed by atoms with Crippen molar-refractivity contribution in [1.29, 1.82) is 0 Å². The highest BCUT2D eigenvalue weighted by Gasteiger charge is 2.14. The largest absolute Gasteiger partial charge is 0.484 e. The third kappa shape index (κ3) is 2.82. The summed E-state index contributed by atoms with van der Waals surface area (Å²) in [4.78, 5) is 0. The molecular formula is C16H19NOS. The van der Waals surface area contributed by atoms with E-state index in [0.717, 1.165) is 5.75 Å². The Morgan fingerprint density at radius 3 is 2.74 bits per heavy atom. The van der Waals surface area contributed by atoms with Crippen LogP contribution in [0.1, 0.15) is 35.6 Å². The molecule has 3 rings (SSSR count). The van der Waals surface area contributed by atoms with Gasteiger partial charge in [0.1, 0.15) is 11.9 Å². The van der Waals surface area contributed by atoms with E-state index in [1.165, 1.54) is 42.4 Å². The Kier molecular flexibility index (Phi) is 3.85. The topological polar surface area (TPSA) is 35.2 Å². The summed E-state index contributed by atoms with van der Waals surface area (Å²) in [6.07, 6.45) is 4.96. The van der Waals surface area contributed by atoms with Gasteiger partial charge in [-0.05, 0) is 65.8 Å². The van der Waals surface area contributed by atoms with Gasteiger partial charge < -0.3 is 10.5 Å². The summed E-state index contributed by atoms with van der Waals surface area (Å²) in [5.41, 5.74) is 9.93. The molecule has 3 heteroatoms. The molecule has 0 radical (unpaired) electrons. The molecule has 2 nitrogen and oxygen atoms in total. The molecule has 1 heterocycles. The highest BCUT2D eigenvalue weighted by atomic mass is 32.1. The SMILES string of the molecule is NCC(Oc1ccc2c(c1)CCCC2)c1ccsc1. The maximum atomic E-state index is 6.06. The van der Waals surface area contributed by atoms with Gasteiger partial charge in [-0.25, -0.2) is 0 Å². The molecule has 0 bridgehead atoms. The van der Waals surface area contributed by atoms with E-state index in [0.29, 0.717) is 6.54 Å². The van der Waals surface area contributed by atoms with E-state index in [9.17, 15) is 0 Å². The van der Waals surface area contributed by atoms with Crippen LogP contribution < -0.4 is 10.5 Å². The van der Waals surface area contributed by atoms with Gasteiger partial charge in [-0.15, -0.1) is 0 Å². The second-order valence-electron chi connectivity index (χ2n) is 5.04. The zero-order valence-electron chi connectivity index (χ0n) is 11.0. The third-order valence-electron chi connectivity index (χ3n) is 3.73. The van der Waals surface area contributed by atoms with Gasteiger partial charge >= 0.3 is 0 Å². The number of rotatable bonds is 4.